The van der Waals surface area contributed by atoms with Crippen molar-refractivity contribution < 1.29 is 10.2 Å². The molecule has 14 heavy (non-hydrogen) atoms. The molecule has 72 valence electrons. The van der Waals surface area contributed by atoms with Gasteiger partial charge in [-0.05, 0) is 13.0 Å². The molecular weight excluding hydrogens is 200 g/mol. The van der Waals surface area contributed by atoms with Crippen LogP contribution in [0, 0.1) is 6.92 Å². The lowest BCUT2D eigenvalue weighted by molar-refractivity contribution is 0.469. The van der Waals surface area contributed by atoms with Gasteiger partial charge in [0.2, 0.25) is 0 Å². The Morgan fingerprint density at radius 3 is 2.50 bits per heavy atom. The predicted molar refractivity (Wildman–Crippen MR) is 57.0 cm³/mol. The quantitative estimate of drug-likeness (QED) is 0.653. The number of fused-ring (bicyclic) bond motifs is 1. The van der Waals surface area contributed by atoms with Crippen LogP contribution in [0.15, 0.2) is 24.3 Å². The molecule has 0 heterocycles. The maximum absolute atomic E-state index is 9.63. The van der Waals surface area contributed by atoms with Gasteiger partial charge in [-0.2, -0.15) is 0 Å². The van der Waals surface area contributed by atoms with E-state index in [9.17, 15) is 10.2 Å². The van der Waals surface area contributed by atoms with Gasteiger partial charge in [-0.15, -0.1) is 0 Å². The maximum Gasteiger partial charge on any atom is 0.142 e. The van der Waals surface area contributed by atoms with E-state index in [4.69, 9.17) is 11.6 Å². The Balaban J connectivity index is 2.94. The van der Waals surface area contributed by atoms with Crippen LogP contribution in [0.2, 0.25) is 5.02 Å². The molecular formula is C11H9ClO2. The van der Waals surface area contributed by atoms with Gasteiger partial charge in [-0.1, -0.05) is 29.3 Å². The van der Waals surface area contributed by atoms with Crippen LogP contribution in [0.25, 0.3) is 10.8 Å². The number of benzene rings is 2. The molecule has 0 spiro atoms. The average Bonchev–Trinajstić information content (AvgIpc) is 2.14. The molecule has 0 saturated carbocycles. The summed E-state index contributed by atoms with van der Waals surface area (Å²) in [5.41, 5.74) is 1.02. The molecule has 0 unspecified atom stereocenters. The van der Waals surface area contributed by atoms with E-state index in [0.717, 1.165) is 5.56 Å². The number of hydrogen-bond acceptors (Lipinski definition) is 2. The molecule has 0 radical (unpaired) electrons. The van der Waals surface area contributed by atoms with Gasteiger partial charge in [0.05, 0.1) is 5.02 Å². The monoisotopic (exact) mass is 208 g/mol. The van der Waals surface area contributed by atoms with Gasteiger partial charge in [0.15, 0.2) is 0 Å². The van der Waals surface area contributed by atoms with Crippen LogP contribution in [0.1, 0.15) is 5.56 Å². The number of halogens is 1. The van der Waals surface area contributed by atoms with E-state index < -0.39 is 0 Å². The summed E-state index contributed by atoms with van der Waals surface area (Å²) in [4.78, 5) is 0. The first-order valence-electron chi connectivity index (χ1n) is 4.20. The van der Waals surface area contributed by atoms with E-state index >= 15 is 0 Å². The summed E-state index contributed by atoms with van der Waals surface area (Å²) < 4.78 is 0. The lowest BCUT2D eigenvalue weighted by Crippen LogP contribution is -1.79. The molecule has 0 fully saturated rings. The van der Waals surface area contributed by atoms with Crippen LogP contribution in [0.5, 0.6) is 11.5 Å². The van der Waals surface area contributed by atoms with Crippen molar-refractivity contribution in [3.8, 4) is 11.5 Å². The largest absolute Gasteiger partial charge is 0.507 e. The number of hydrogen-bond donors (Lipinski definition) is 2. The first-order chi connectivity index (χ1) is 6.59. The summed E-state index contributed by atoms with van der Waals surface area (Å²) in [6.45, 7) is 1.92. The lowest BCUT2D eigenvalue weighted by atomic mass is 10.1. The molecule has 0 bridgehead atoms. The summed E-state index contributed by atoms with van der Waals surface area (Å²) in [7, 11) is 0. The predicted octanol–water partition coefficient (Wildman–Crippen LogP) is 3.21. The van der Waals surface area contributed by atoms with Gasteiger partial charge in [0.25, 0.3) is 0 Å². The Morgan fingerprint density at radius 2 is 1.79 bits per heavy atom. The van der Waals surface area contributed by atoms with E-state index in [1.807, 2.05) is 13.0 Å². The molecule has 0 atom stereocenters. The normalized spacial score (nSPS) is 10.7. The fraction of sp³-hybridized carbons (Fsp3) is 0.0909. The SMILES string of the molecule is Cc1ccc2c(O)c(Cl)cc(O)c2c1. The number of aryl methyl sites for hydroxylation is 1. The lowest BCUT2D eigenvalue weighted by Gasteiger charge is -2.06. The van der Waals surface area contributed by atoms with Crippen LogP contribution in [-0.2, 0) is 0 Å². The van der Waals surface area contributed by atoms with Crippen LogP contribution in [0.3, 0.4) is 0 Å². The Kier molecular flexibility index (Phi) is 2.01. The van der Waals surface area contributed by atoms with Gasteiger partial charge in [0.1, 0.15) is 11.5 Å². The van der Waals surface area contributed by atoms with Crippen molar-refractivity contribution in [1.29, 1.82) is 0 Å². The number of phenolic OH excluding ortho intramolecular Hbond substituents is 2. The third-order valence-electron chi connectivity index (χ3n) is 2.20. The number of aromatic hydroxyl groups is 2. The van der Waals surface area contributed by atoms with E-state index in [1.165, 1.54) is 6.07 Å². The van der Waals surface area contributed by atoms with Crippen molar-refractivity contribution in [3.05, 3.63) is 34.9 Å². The smallest absolute Gasteiger partial charge is 0.142 e. The zero-order valence-electron chi connectivity index (χ0n) is 7.58. The number of rotatable bonds is 0. The van der Waals surface area contributed by atoms with Crippen molar-refractivity contribution in [3.63, 3.8) is 0 Å². The molecule has 2 aromatic rings. The third kappa shape index (κ3) is 1.28. The molecule has 0 aliphatic heterocycles. The minimum Gasteiger partial charge on any atom is -0.507 e. The molecule has 2 nitrogen and oxygen atoms in total. The van der Waals surface area contributed by atoms with E-state index in [-0.39, 0.29) is 16.5 Å². The molecule has 0 aromatic heterocycles. The Bertz CT molecular complexity index is 506. The van der Waals surface area contributed by atoms with E-state index in [2.05, 4.69) is 0 Å². The van der Waals surface area contributed by atoms with E-state index in [1.54, 1.807) is 12.1 Å². The second kappa shape index (κ2) is 3.07. The van der Waals surface area contributed by atoms with Crippen molar-refractivity contribution in [2.75, 3.05) is 0 Å². The van der Waals surface area contributed by atoms with Crippen molar-refractivity contribution in [1.82, 2.24) is 0 Å². The highest BCUT2D eigenvalue weighted by Crippen LogP contribution is 2.38. The maximum atomic E-state index is 9.63. The molecule has 0 aliphatic carbocycles. The zero-order chi connectivity index (χ0) is 10.3. The summed E-state index contributed by atoms with van der Waals surface area (Å²) in [6.07, 6.45) is 0. The third-order valence-corrected chi connectivity index (χ3v) is 2.48. The fourth-order valence-corrected chi connectivity index (χ4v) is 1.68. The summed E-state index contributed by atoms with van der Waals surface area (Å²) in [5.74, 6) is 0.103. The molecule has 2 N–H and O–H groups in total. The van der Waals surface area contributed by atoms with Gasteiger partial charge < -0.3 is 10.2 Å². The Morgan fingerprint density at radius 1 is 1.07 bits per heavy atom. The molecule has 0 saturated heterocycles. The first kappa shape index (κ1) is 9.16. The van der Waals surface area contributed by atoms with Gasteiger partial charge in [0, 0.05) is 16.8 Å². The first-order valence-corrected chi connectivity index (χ1v) is 4.58. The second-order valence-corrected chi connectivity index (χ2v) is 3.68. The highest BCUT2D eigenvalue weighted by Gasteiger charge is 2.08. The highest BCUT2D eigenvalue weighted by molar-refractivity contribution is 6.33. The number of phenols is 2. The minimum absolute atomic E-state index is 0.0134. The fourth-order valence-electron chi connectivity index (χ4n) is 1.47. The van der Waals surface area contributed by atoms with Crippen LogP contribution >= 0.6 is 11.6 Å². The van der Waals surface area contributed by atoms with Crippen molar-refractivity contribution >= 4 is 22.4 Å². The molecule has 2 rings (SSSR count). The summed E-state index contributed by atoms with van der Waals surface area (Å²) in [5, 5.41) is 20.6. The van der Waals surface area contributed by atoms with Crippen LogP contribution < -0.4 is 0 Å². The molecule has 3 heteroatoms. The van der Waals surface area contributed by atoms with Gasteiger partial charge >= 0.3 is 0 Å². The highest BCUT2D eigenvalue weighted by atomic mass is 35.5. The molecule has 0 amide bonds. The Hall–Kier alpha value is -1.41. The van der Waals surface area contributed by atoms with Crippen molar-refractivity contribution in [2.45, 2.75) is 6.92 Å². The Labute approximate surface area is 86.4 Å². The average molecular weight is 209 g/mol. The standard InChI is InChI=1S/C11H9ClO2/c1-6-2-3-7-8(4-6)10(13)5-9(12)11(7)14/h2-5,13-14H,1H3. The second-order valence-electron chi connectivity index (χ2n) is 3.28. The van der Waals surface area contributed by atoms with Crippen LogP contribution in [0.4, 0.5) is 0 Å². The van der Waals surface area contributed by atoms with Gasteiger partial charge in [-0.3, -0.25) is 0 Å². The molecule has 2 aromatic carbocycles. The minimum atomic E-state index is 0.0134. The molecule has 0 aliphatic rings. The van der Waals surface area contributed by atoms with Gasteiger partial charge in [-0.25, -0.2) is 0 Å². The topological polar surface area (TPSA) is 40.5 Å². The summed E-state index contributed by atoms with van der Waals surface area (Å²) >= 11 is 5.72. The van der Waals surface area contributed by atoms with E-state index in [0.29, 0.717) is 10.8 Å². The zero-order valence-corrected chi connectivity index (χ0v) is 8.34. The van der Waals surface area contributed by atoms with Crippen molar-refractivity contribution in [2.24, 2.45) is 0 Å². The van der Waals surface area contributed by atoms with Crippen LogP contribution in [-0.4, -0.2) is 10.2 Å². The summed E-state index contributed by atoms with van der Waals surface area (Å²) in [6, 6.07) is 6.75.